The third kappa shape index (κ3) is 3.72. The lowest BCUT2D eigenvalue weighted by molar-refractivity contribution is -0.137. The molecule has 0 spiro atoms. The Balaban J connectivity index is 2.01. The molecule has 1 aliphatic heterocycles. The number of amides is 1. The summed E-state index contributed by atoms with van der Waals surface area (Å²) in [5, 5.41) is 10.1. The van der Waals surface area contributed by atoms with Crippen LogP contribution < -0.4 is 4.90 Å². The molecule has 0 saturated carbocycles. The number of carbonyl (C=O) groups excluding carboxylic acids is 1. The molecule has 1 amide bonds. The van der Waals surface area contributed by atoms with Crippen molar-refractivity contribution < 1.29 is 9.90 Å². The number of aryl methyl sites for hydroxylation is 1. The van der Waals surface area contributed by atoms with E-state index in [-0.39, 0.29) is 12.5 Å². The van der Waals surface area contributed by atoms with Crippen molar-refractivity contribution in [2.45, 2.75) is 13.0 Å². The Bertz CT molecular complexity index is 528. The van der Waals surface area contributed by atoms with Gasteiger partial charge in [0.15, 0.2) is 0 Å². The van der Waals surface area contributed by atoms with Gasteiger partial charge in [0, 0.05) is 36.9 Å². The number of carbonyl (C=O) groups is 1. The summed E-state index contributed by atoms with van der Waals surface area (Å²) in [5.41, 5.74) is 2.32. The highest BCUT2D eigenvalue weighted by atomic mass is 35.5. The zero-order chi connectivity index (χ0) is 16.3. The maximum absolute atomic E-state index is 12.4. The van der Waals surface area contributed by atoms with E-state index < -0.39 is 6.04 Å². The molecule has 1 atom stereocenters. The molecular weight excluding hydrogens is 302 g/mol. The molecule has 122 valence electrons. The van der Waals surface area contributed by atoms with Crippen LogP contribution in [0.25, 0.3) is 0 Å². The number of hydrogen-bond donors (Lipinski definition) is 1. The first-order valence-corrected chi connectivity index (χ1v) is 7.89. The minimum atomic E-state index is -0.459. The number of benzene rings is 1. The van der Waals surface area contributed by atoms with Crippen molar-refractivity contribution >= 4 is 23.2 Å². The highest BCUT2D eigenvalue weighted by molar-refractivity contribution is 6.30. The van der Waals surface area contributed by atoms with Gasteiger partial charge in [-0.15, -0.1) is 0 Å². The van der Waals surface area contributed by atoms with E-state index in [9.17, 15) is 9.90 Å². The van der Waals surface area contributed by atoms with Crippen LogP contribution in [-0.2, 0) is 4.79 Å². The molecular formula is C16H24ClN3O2. The number of piperazine rings is 1. The van der Waals surface area contributed by atoms with E-state index >= 15 is 0 Å². The molecule has 0 bridgehead atoms. The van der Waals surface area contributed by atoms with Crippen molar-refractivity contribution in [3.05, 3.63) is 28.8 Å². The smallest absolute Gasteiger partial charge is 0.242 e. The lowest BCUT2D eigenvalue weighted by Gasteiger charge is -2.38. The van der Waals surface area contributed by atoms with Crippen molar-refractivity contribution in [2.75, 3.05) is 51.8 Å². The fraction of sp³-hybridized carbons (Fsp3) is 0.562. The molecule has 0 aliphatic carbocycles. The van der Waals surface area contributed by atoms with Crippen LogP contribution >= 0.6 is 11.6 Å². The van der Waals surface area contributed by atoms with Crippen LogP contribution in [-0.4, -0.2) is 73.7 Å². The van der Waals surface area contributed by atoms with Crippen molar-refractivity contribution in [1.82, 2.24) is 9.80 Å². The summed E-state index contributed by atoms with van der Waals surface area (Å²) >= 11 is 6.09. The van der Waals surface area contributed by atoms with Crippen LogP contribution in [0.3, 0.4) is 0 Å². The van der Waals surface area contributed by atoms with Crippen LogP contribution in [0.4, 0.5) is 5.69 Å². The Morgan fingerprint density at radius 1 is 1.32 bits per heavy atom. The number of rotatable bonds is 4. The number of aliphatic hydroxyl groups excluding tert-OH is 1. The number of halogens is 1. The van der Waals surface area contributed by atoms with E-state index in [1.165, 1.54) is 5.56 Å². The van der Waals surface area contributed by atoms with Crippen LogP contribution in [0.15, 0.2) is 18.2 Å². The maximum atomic E-state index is 12.4. The lowest BCUT2D eigenvalue weighted by atomic mass is 10.1. The van der Waals surface area contributed by atoms with Crippen LogP contribution in [0.2, 0.25) is 5.02 Å². The Hall–Kier alpha value is -1.30. The minimum Gasteiger partial charge on any atom is -0.394 e. The Kier molecular flexibility index (Phi) is 5.67. The highest BCUT2D eigenvalue weighted by Gasteiger charge is 2.28. The molecule has 1 aromatic rings. The summed E-state index contributed by atoms with van der Waals surface area (Å²) in [6.07, 6.45) is 0. The number of likely N-dealkylation sites (N-methyl/N-ethyl adjacent to an activating group) is 1. The largest absolute Gasteiger partial charge is 0.394 e. The minimum absolute atomic E-state index is 0.00466. The average molecular weight is 326 g/mol. The monoisotopic (exact) mass is 325 g/mol. The molecule has 1 saturated heterocycles. The van der Waals surface area contributed by atoms with Crippen LogP contribution in [0, 0.1) is 6.92 Å². The summed E-state index contributed by atoms with van der Waals surface area (Å²) in [4.78, 5) is 18.3. The van der Waals surface area contributed by atoms with Gasteiger partial charge in [0.05, 0.1) is 6.61 Å². The molecule has 2 rings (SSSR count). The van der Waals surface area contributed by atoms with Crippen molar-refractivity contribution in [3.8, 4) is 0 Å². The van der Waals surface area contributed by atoms with Gasteiger partial charge < -0.3 is 14.9 Å². The van der Waals surface area contributed by atoms with Gasteiger partial charge in [-0.2, -0.15) is 0 Å². The molecule has 0 unspecified atom stereocenters. The third-order valence-electron chi connectivity index (χ3n) is 4.18. The Morgan fingerprint density at radius 3 is 2.50 bits per heavy atom. The first kappa shape index (κ1) is 17.1. The number of nitrogens with zero attached hydrogens (tertiary/aromatic N) is 3. The van der Waals surface area contributed by atoms with E-state index in [1.54, 1.807) is 4.90 Å². The molecule has 0 radical (unpaired) electrons. The van der Waals surface area contributed by atoms with E-state index in [1.807, 2.05) is 37.2 Å². The van der Waals surface area contributed by atoms with Gasteiger partial charge in [-0.25, -0.2) is 0 Å². The first-order chi connectivity index (χ1) is 10.4. The molecule has 1 fully saturated rings. The topological polar surface area (TPSA) is 47.0 Å². The molecule has 22 heavy (non-hydrogen) atoms. The summed E-state index contributed by atoms with van der Waals surface area (Å²) in [6, 6.07) is 5.43. The van der Waals surface area contributed by atoms with Gasteiger partial charge in [-0.3, -0.25) is 9.69 Å². The van der Waals surface area contributed by atoms with Gasteiger partial charge in [-0.1, -0.05) is 17.7 Å². The number of hydrogen-bond acceptors (Lipinski definition) is 4. The molecule has 1 N–H and O–H groups in total. The standard InChI is InChI=1S/C16H24ClN3O2/c1-12-4-5-13(17)10-14(12)19-6-8-20(9-7-19)16(22)15(11-21)18(2)3/h4-5,10,15,21H,6-9,11H2,1-3H3/t15-/m0/s1. The van der Waals surface area contributed by atoms with Gasteiger partial charge in [0.25, 0.3) is 0 Å². The molecule has 0 aromatic heterocycles. The molecule has 6 heteroatoms. The zero-order valence-electron chi connectivity index (χ0n) is 13.4. The number of aliphatic hydroxyl groups is 1. The fourth-order valence-corrected chi connectivity index (χ4v) is 2.93. The second-order valence-electron chi connectivity index (χ2n) is 5.91. The second-order valence-corrected chi connectivity index (χ2v) is 6.34. The quantitative estimate of drug-likeness (QED) is 0.904. The van der Waals surface area contributed by atoms with Gasteiger partial charge in [-0.05, 0) is 38.7 Å². The molecule has 1 aliphatic rings. The maximum Gasteiger partial charge on any atom is 0.242 e. The normalized spacial score (nSPS) is 17.0. The first-order valence-electron chi connectivity index (χ1n) is 7.51. The van der Waals surface area contributed by atoms with E-state index in [4.69, 9.17) is 11.6 Å². The van der Waals surface area contributed by atoms with Crippen molar-refractivity contribution in [2.24, 2.45) is 0 Å². The van der Waals surface area contributed by atoms with Crippen LogP contribution in [0.1, 0.15) is 5.56 Å². The molecule has 5 nitrogen and oxygen atoms in total. The van der Waals surface area contributed by atoms with E-state index in [0.29, 0.717) is 13.1 Å². The lowest BCUT2D eigenvalue weighted by Crippen LogP contribution is -2.55. The third-order valence-corrected chi connectivity index (χ3v) is 4.42. The Morgan fingerprint density at radius 2 is 1.95 bits per heavy atom. The number of anilines is 1. The fourth-order valence-electron chi connectivity index (χ4n) is 2.76. The predicted octanol–water partition coefficient (Wildman–Crippen LogP) is 1.22. The summed E-state index contributed by atoms with van der Waals surface area (Å²) < 4.78 is 0. The van der Waals surface area contributed by atoms with Crippen LogP contribution in [0.5, 0.6) is 0 Å². The average Bonchev–Trinajstić information content (AvgIpc) is 2.50. The summed E-state index contributed by atoms with van der Waals surface area (Å²) in [6.45, 7) is 4.79. The predicted molar refractivity (Wildman–Crippen MR) is 89.5 cm³/mol. The SMILES string of the molecule is Cc1ccc(Cl)cc1N1CCN(C(=O)[C@H](CO)N(C)C)CC1. The Labute approximate surface area is 137 Å². The summed E-state index contributed by atoms with van der Waals surface area (Å²) in [5.74, 6) is -0.00466. The van der Waals surface area contributed by atoms with Crippen molar-refractivity contribution in [3.63, 3.8) is 0 Å². The van der Waals surface area contributed by atoms with Crippen molar-refractivity contribution in [1.29, 1.82) is 0 Å². The second kappa shape index (κ2) is 7.31. The van der Waals surface area contributed by atoms with E-state index in [2.05, 4.69) is 11.8 Å². The molecule has 1 heterocycles. The van der Waals surface area contributed by atoms with E-state index in [0.717, 1.165) is 23.8 Å². The van der Waals surface area contributed by atoms with Gasteiger partial charge in [0.2, 0.25) is 5.91 Å². The highest BCUT2D eigenvalue weighted by Crippen LogP contribution is 2.25. The van der Waals surface area contributed by atoms with Gasteiger partial charge in [0.1, 0.15) is 6.04 Å². The van der Waals surface area contributed by atoms with Gasteiger partial charge >= 0.3 is 0 Å². The summed E-state index contributed by atoms with van der Waals surface area (Å²) in [7, 11) is 3.62. The zero-order valence-corrected chi connectivity index (χ0v) is 14.2. The molecule has 1 aromatic carbocycles.